The first-order valence-corrected chi connectivity index (χ1v) is 7.13. The maximum absolute atomic E-state index is 13.4. The van der Waals surface area contributed by atoms with Crippen molar-refractivity contribution < 1.29 is 32.8 Å². The van der Waals surface area contributed by atoms with Gasteiger partial charge >= 0.3 is 5.97 Å². The van der Waals surface area contributed by atoms with E-state index in [-0.39, 0.29) is 11.4 Å². The molecule has 0 bridgehead atoms. The molecule has 8 nitrogen and oxygen atoms in total. The molecule has 0 spiro atoms. The summed E-state index contributed by atoms with van der Waals surface area (Å²) >= 11 is 0. The zero-order valence-corrected chi connectivity index (χ0v) is 13.1. The first-order chi connectivity index (χ1) is 12.4. The molecular formula is C16H12F2N2O6. The van der Waals surface area contributed by atoms with Gasteiger partial charge in [-0.1, -0.05) is 6.07 Å². The van der Waals surface area contributed by atoms with E-state index < -0.39 is 47.3 Å². The number of nitro benzene ring substituents is 1. The first-order valence-electron chi connectivity index (χ1n) is 7.13. The van der Waals surface area contributed by atoms with Crippen molar-refractivity contribution in [2.45, 2.75) is 0 Å². The van der Waals surface area contributed by atoms with E-state index in [2.05, 4.69) is 4.74 Å². The molecule has 0 saturated heterocycles. The van der Waals surface area contributed by atoms with Gasteiger partial charge in [0.2, 0.25) is 0 Å². The van der Waals surface area contributed by atoms with Crippen LogP contribution in [-0.4, -0.2) is 30.0 Å². The number of amides is 1. The third-order valence-electron chi connectivity index (χ3n) is 3.00. The number of hydrogen-bond donors (Lipinski definition) is 1. The lowest BCUT2D eigenvalue weighted by Crippen LogP contribution is -2.24. The number of para-hydroxylation sites is 1. The smallest absolute Gasteiger partial charge is 0.344 e. The molecule has 10 heteroatoms. The SMILES string of the molecule is O=C(COC(=O)COc1ccc([N+](=O)[O-])cc1)Nc1c(F)cccc1F. The lowest BCUT2D eigenvalue weighted by molar-refractivity contribution is -0.384. The lowest BCUT2D eigenvalue weighted by atomic mass is 10.3. The van der Waals surface area contributed by atoms with Crippen LogP contribution in [0.3, 0.4) is 0 Å². The van der Waals surface area contributed by atoms with Crippen molar-refractivity contribution in [1.82, 2.24) is 0 Å². The van der Waals surface area contributed by atoms with Crippen LogP contribution in [0.4, 0.5) is 20.2 Å². The topological polar surface area (TPSA) is 108 Å². The van der Waals surface area contributed by atoms with Gasteiger partial charge in [-0.2, -0.15) is 0 Å². The Morgan fingerprint density at radius 1 is 1.04 bits per heavy atom. The Hall–Kier alpha value is -3.56. The van der Waals surface area contributed by atoms with Crippen LogP contribution in [0.15, 0.2) is 42.5 Å². The Morgan fingerprint density at radius 3 is 2.23 bits per heavy atom. The molecule has 0 heterocycles. The number of nitrogens with one attached hydrogen (secondary N) is 1. The molecule has 0 aromatic heterocycles. The van der Waals surface area contributed by atoms with Crippen LogP contribution in [0, 0.1) is 21.7 Å². The number of hydrogen-bond acceptors (Lipinski definition) is 6. The number of non-ortho nitro benzene ring substituents is 1. The van der Waals surface area contributed by atoms with Gasteiger partial charge in [-0.15, -0.1) is 0 Å². The van der Waals surface area contributed by atoms with Gasteiger partial charge in [-0.3, -0.25) is 14.9 Å². The Kier molecular flexibility index (Phi) is 6.15. The molecule has 0 fully saturated rings. The van der Waals surface area contributed by atoms with Crippen LogP contribution in [-0.2, 0) is 14.3 Å². The second-order valence-electron chi connectivity index (χ2n) is 4.85. The fourth-order valence-electron chi connectivity index (χ4n) is 1.79. The summed E-state index contributed by atoms with van der Waals surface area (Å²) in [6, 6.07) is 8.02. The van der Waals surface area contributed by atoms with Crippen molar-refractivity contribution >= 4 is 23.3 Å². The number of halogens is 2. The zero-order chi connectivity index (χ0) is 19.1. The number of carbonyl (C=O) groups is 2. The minimum absolute atomic E-state index is 0.142. The third-order valence-corrected chi connectivity index (χ3v) is 3.00. The highest BCUT2D eigenvalue weighted by Gasteiger charge is 2.14. The normalized spacial score (nSPS) is 10.1. The van der Waals surface area contributed by atoms with Gasteiger partial charge in [0.1, 0.15) is 23.1 Å². The van der Waals surface area contributed by atoms with Gasteiger partial charge in [0, 0.05) is 12.1 Å². The Balaban J connectivity index is 1.77. The van der Waals surface area contributed by atoms with Crippen molar-refractivity contribution in [2.24, 2.45) is 0 Å². The number of esters is 1. The average Bonchev–Trinajstić information content (AvgIpc) is 2.61. The third kappa shape index (κ3) is 5.23. The summed E-state index contributed by atoms with van der Waals surface area (Å²) in [5.41, 5.74) is -0.785. The van der Waals surface area contributed by atoms with E-state index >= 15 is 0 Å². The summed E-state index contributed by atoms with van der Waals surface area (Å²) in [5, 5.41) is 12.5. The second kappa shape index (κ2) is 8.51. The highest BCUT2D eigenvalue weighted by molar-refractivity contribution is 5.93. The molecule has 136 valence electrons. The molecule has 0 unspecified atom stereocenters. The fourth-order valence-corrected chi connectivity index (χ4v) is 1.79. The van der Waals surface area contributed by atoms with E-state index in [1.54, 1.807) is 0 Å². The van der Waals surface area contributed by atoms with Crippen molar-refractivity contribution in [3.05, 3.63) is 64.2 Å². The van der Waals surface area contributed by atoms with Gasteiger partial charge < -0.3 is 14.8 Å². The number of rotatable bonds is 7. The predicted molar refractivity (Wildman–Crippen MR) is 84.5 cm³/mol. The number of nitrogens with zero attached hydrogens (tertiary/aromatic N) is 1. The van der Waals surface area contributed by atoms with Gasteiger partial charge in [-0.25, -0.2) is 13.6 Å². The minimum atomic E-state index is -0.966. The van der Waals surface area contributed by atoms with Crippen LogP contribution in [0.1, 0.15) is 0 Å². The fraction of sp³-hybridized carbons (Fsp3) is 0.125. The zero-order valence-electron chi connectivity index (χ0n) is 13.1. The summed E-state index contributed by atoms with van der Waals surface area (Å²) in [7, 11) is 0. The van der Waals surface area contributed by atoms with Crippen molar-refractivity contribution in [3.8, 4) is 5.75 Å². The average molecular weight is 366 g/mol. The molecule has 1 N–H and O–H groups in total. The van der Waals surface area contributed by atoms with E-state index in [0.717, 1.165) is 18.2 Å². The minimum Gasteiger partial charge on any atom is -0.482 e. The second-order valence-corrected chi connectivity index (χ2v) is 4.85. The van der Waals surface area contributed by atoms with E-state index in [4.69, 9.17) is 4.74 Å². The molecule has 0 aliphatic heterocycles. The quantitative estimate of drug-likeness (QED) is 0.458. The summed E-state index contributed by atoms with van der Waals surface area (Å²) in [5.74, 6) is -3.59. The Morgan fingerprint density at radius 2 is 1.65 bits per heavy atom. The molecular weight excluding hydrogens is 354 g/mol. The number of nitro groups is 1. The molecule has 2 aromatic rings. The highest BCUT2D eigenvalue weighted by Crippen LogP contribution is 2.18. The summed E-state index contributed by atoms with van der Waals surface area (Å²) in [4.78, 5) is 33.0. The Labute approximate surface area is 145 Å². The Bertz CT molecular complexity index is 806. The molecule has 0 atom stereocenters. The molecule has 0 aliphatic carbocycles. The highest BCUT2D eigenvalue weighted by atomic mass is 19.1. The lowest BCUT2D eigenvalue weighted by Gasteiger charge is -2.09. The van der Waals surface area contributed by atoms with Crippen LogP contribution in [0.2, 0.25) is 0 Å². The monoisotopic (exact) mass is 366 g/mol. The molecule has 0 saturated carbocycles. The standard InChI is InChI=1S/C16H12F2N2O6/c17-12-2-1-3-13(18)16(12)19-14(21)8-26-15(22)9-25-11-6-4-10(5-7-11)20(23)24/h1-7H,8-9H2,(H,19,21). The molecule has 0 aliphatic rings. The van der Waals surface area contributed by atoms with Crippen molar-refractivity contribution in [3.63, 3.8) is 0 Å². The maximum atomic E-state index is 13.4. The van der Waals surface area contributed by atoms with Gasteiger partial charge in [-0.05, 0) is 24.3 Å². The predicted octanol–water partition coefficient (Wildman–Crippen LogP) is 2.43. The maximum Gasteiger partial charge on any atom is 0.344 e. The van der Waals surface area contributed by atoms with Crippen LogP contribution in [0.5, 0.6) is 5.75 Å². The van der Waals surface area contributed by atoms with Gasteiger partial charge in [0.25, 0.3) is 11.6 Å². The van der Waals surface area contributed by atoms with E-state index in [9.17, 15) is 28.5 Å². The number of benzene rings is 2. The van der Waals surface area contributed by atoms with Gasteiger partial charge in [0.15, 0.2) is 13.2 Å². The van der Waals surface area contributed by atoms with Crippen LogP contribution in [0.25, 0.3) is 0 Å². The van der Waals surface area contributed by atoms with Crippen molar-refractivity contribution in [1.29, 1.82) is 0 Å². The van der Waals surface area contributed by atoms with Crippen molar-refractivity contribution in [2.75, 3.05) is 18.5 Å². The molecule has 26 heavy (non-hydrogen) atoms. The molecule has 2 rings (SSSR count). The van der Waals surface area contributed by atoms with Crippen LogP contribution >= 0.6 is 0 Å². The van der Waals surface area contributed by atoms with Crippen LogP contribution < -0.4 is 10.1 Å². The molecule has 0 radical (unpaired) electrons. The summed E-state index contributed by atoms with van der Waals surface area (Å²) in [6.45, 7) is -1.32. The number of ether oxygens (including phenoxy) is 2. The van der Waals surface area contributed by atoms with E-state index in [0.29, 0.717) is 0 Å². The molecule has 1 amide bonds. The number of carbonyl (C=O) groups excluding carboxylic acids is 2. The largest absolute Gasteiger partial charge is 0.482 e. The van der Waals surface area contributed by atoms with E-state index in [1.165, 1.54) is 24.3 Å². The first kappa shape index (κ1) is 18.8. The van der Waals surface area contributed by atoms with Gasteiger partial charge in [0.05, 0.1) is 4.92 Å². The molecule has 2 aromatic carbocycles. The summed E-state index contributed by atoms with van der Waals surface area (Å²) < 4.78 is 36.4. The van der Waals surface area contributed by atoms with E-state index in [1.807, 2.05) is 5.32 Å². The number of anilines is 1. The summed E-state index contributed by atoms with van der Waals surface area (Å²) in [6.07, 6.45) is 0.